The number of rotatable bonds is 6. The average Bonchev–Trinajstić information content (AvgIpc) is 3.17. The number of benzene rings is 2. The molecule has 31 heavy (non-hydrogen) atoms. The molecule has 0 spiro atoms. The molecule has 158 valence electrons. The Kier molecular flexibility index (Phi) is 5.85. The lowest BCUT2D eigenvalue weighted by Crippen LogP contribution is -2.33. The number of H-pyrrole nitrogens is 1. The maximum atomic E-state index is 11.7. The quantitative estimate of drug-likeness (QED) is 0.359. The fourth-order valence-corrected chi connectivity index (χ4v) is 3.12. The van der Waals surface area contributed by atoms with Crippen molar-refractivity contribution in [2.24, 2.45) is 0 Å². The Labute approximate surface area is 183 Å². The van der Waals surface area contributed by atoms with Crippen molar-refractivity contribution in [3.63, 3.8) is 0 Å². The highest BCUT2D eigenvalue weighted by molar-refractivity contribution is 6.30. The predicted molar refractivity (Wildman–Crippen MR) is 122 cm³/mol. The van der Waals surface area contributed by atoms with Crippen molar-refractivity contribution < 1.29 is 4.79 Å². The number of anilines is 4. The SMILES string of the molecule is CN(C)C(=O)NCc1ccc(Nc2[nH]nc3ncnc(Nc4cccc(Cl)c4)c23)cc1. The largest absolute Gasteiger partial charge is 0.340 e. The van der Waals surface area contributed by atoms with Crippen LogP contribution < -0.4 is 16.0 Å². The summed E-state index contributed by atoms with van der Waals surface area (Å²) in [5, 5.41) is 18.0. The van der Waals surface area contributed by atoms with E-state index in [0.29, 0.717) is 28.9 Å². The molecule has 4 aromatic rings. The maximum absolute atomic E-state index is 11.7. The first-order valence-electron chi connectivity index (χ1n) is 9.52. The first kappa shape index (κ1) is 20.4. The number of nitrogens with zero attached hydrogens (tertiary/aromatic N) is 4. The fraction of sp³-hybridized carbons (Fsp3) is 0.143. The molecule has 2 amide bonds. The van der Waals surface area contributed by atoms with Gasteiger partial charge in [0.2, 0.25) is 0 Å². The second-order valence-corrected chi connectivity index (χ2v) is 7.47. The number of urea groups is 1. The van der Waals surface area contributed by atoms with Gasteiger partial charge in [-0.05, 0) is 35.9 Å². The molecule has 0 bridgehead atoms. The van der Waals surface area contributed by atoms with Crippen LogP contribution in [-0.4, -0.2) is 45.2 Å². The van der Waals surface area contributed by atoms with Gasteiger partial charge in [-0.3, -0.25) is 5.10 Å². The van der Waals surface area contributed by atoms with Crippen molar-refractivity contribution in [1.82, 2.24) is 30.4 Å². The number of aromatic amines is 1. The van der Waals surface area contributed by atoms with Gasteiger partial charge in [0.25, 0.3) is 0 Å². The number of hydrogen-bond donors (Lipinski definition) is 4. The van der Waals surface area contributed by atoms with Crippen LogP contribution in [0.25, 0.3) is 11.0 Å². The average molecular weight is 437 g/mol. The van der Waals surface area contributed by atoms with Gasteiger partial charge in [-0.2, -0.15) is 5.10 Å². The molecule has 9 nitrogen and oxygen atoms in total. The monoisotopic (exact) mass is 436 g/mol. The van der Waals surface area contributed by atoms with E-state index < -0.39 is 0 Å². The van der Waals surface area contributed by atoms with Crippen LogP contribution in [0.5, 0.6) is 0 Å². The number of carbonyl (C=O) groups excluding carboxylic acids is 1. The van der Waals surface area contributed by atoms with Gasteiger partial charge < -0.3 is 20.9 Å². The highest BCUT2D eigenvalue weighted by Gasteiger charge is 2.13. The normalized spacial score (nSPS) is 10.7. The van der Waals surface area contributed by atoms with Crippen LogP contribution in [0.15, 0.2) is 54.9 Å². The van der Waals surface area contributed by atoms with Crippen molar-refractivity contribution in [3.8, 4) is 0 Å². The van der Waals surface area contributed by atoms with E-state index in [2.05, 4.69) is 36.1 Å². The third-order valence-electron chi connectivity index (χ3n) is 4.51. The molecule has 0 saturated carbocycles. The van der Waals surface area contributed by atoms with Crippen LogP contribution in [0, 0.1) is 0 Å². The van der Waals surface area contributed by atoms with Crippen molar-refractivity contribution in [1.29, 1.82) is 0 Å². The van der Waals surface area contributed by atoms with Crippen LogP contribution in [0.1, 0.15) is 5.56 Å². The van der Waals surface area contributed by atoms with Gasteiger partial charge in [-0.1, -0.05) is 29.8 Å². The van der Waals surface area contributed by atoms with Crippen molar-refractivity contribution in [3.05, 3.63) is 65.4 Å². The molecule has 0 saturated heterocycles. The Morgan fingerprint density at radius 1 is 1.06 bits per heavy atom. The minimum atomic E-state index is -0.133. The van der Waals surface area contributed by atoms with E-state index >= 15 is 0 Å². The van der Waals surface area contributed by atoms with E-state index in [4.69, 9.17) is 11.6 Å². The van der Waals surface area contributed by atoms with Crippen LogP contribution in [0.2, 0.25) is 5.02 Å². The summed E-state index contributed by atoms with van der Waals surface area (Å²) < 4.78 is 0. The summed E-state index contributed by atoms with van der Waals surface area (Å²) in [4.78, 5) is 21.8. The lowest BCUT2D eigenvalue weighted by molar-refractivity contribution is 0.217. The summed E-state index contributed by atoms with van der Waals surface area (Å²) in [5.74, 6) is 1.26. The molecule has 0 aliphatic carbocycles. The molecule has 2 aromatic heterocycles. The summed E-state index contributed by atoms with van der Waals surface area (Å²) >= 11 is 6.09. The number of amides is 2. The first-order valence-corrected chi connectivity index (χ1v) is 9.90. The third kappa shape index (κ3) is 4.84. The zero-order valence-corrected chi connectivity index (χ0v) is 17.7. The van der Waals surface area contributed by atoms with Crippen LogP contribution in [0.4, 0.5) is 27.8 Å². The second kappa shape index (κ2) is 8.88. The Morgan fingerprint density at radius 3 is 2.61 bits per heavy atom. The van der Waals surface area contributed by atoms with E-state index in [1.807, 2.05) is 48.5 Å². The Hall–Kier alpha value is -3.85. The second-order valence-electron chi connectivity index (χ2n) is 7.03. The molecular weight excluding hydrogens is 416 g/mol. The molecular formula is C21H21ClN8O. The predicted octanol–water partition coefficient (Wildman–Crippen LogP) is 4.26. The molecule has 0 radical (unpaired) electrons. The summed E-state index contributed by atoms with van der Waals surface area (Å²) in [7, 11) is 3.41. The zero-order chi connectivity index (χ0) is 21.8. The molecule has 0 aliphatic rings. The molecule has 10 heteroatoms. The van der Waals surface area contributed by atoms with Gasteiger partial charge in [-0.25, -0.2) is 14.8 Å². The minimum absolute atomic E-state index is 0.133. The van der Waals surface area contributed by atoms with Gasteiger partial charge in [0.05, 0.1) is 0 Å². The molecule has 4 rings (SSSR count). The Bertz CT molecular complexity index is 1210. The maximum Gasteiger partial charge on any atom is 0.317 e. The molecule has 2 aromatic carbocycles. The van der Waals surface area contributed by atoms with E-state index in [0.717, 1.165) is 22.3 Å². The summed E-state index contributed by atoms with van der Waals surface area (Å²) in [6.07, 6.45) is 1.46. The van der Waals surface area contributed by atoms with Gasteiger partial charge in [0.1, 0.15) is 23.3 Å². The minimum Gasteiger partial charge on any atom is -0.340 e. The fourth-order valence-electron chi connectivity index (χ4n) is 2.93. The van der Waals surface area contributed by atoms with Gasteiger partial charge in [-0.15, -0.1) is 0 Å². The van der Waals surface area contributed by atoms with E-state index in [1.165, 1.54) is 11.2 Å². The molecule has 0 atom stereocenters. The smallest absolute Gasteiger partial charge is 0.317 e. The highest BCUT2D eigenvalue weighted by atomic mass is 35.5. The first-order chi connectivity index (χ1) is 15.0. The summed E-state index contributed by atoms with van der Waals surface area (Å²) in [5.41, 5.74) is 3.18. The molecule has 4 N–H and O–H groups in total. The summed E-state index contributed by atoms with van der Waals surface area (Å²) in [6, 6.07) is 15.0. The lowest BCUT2D eigenvalue weighted by atomic mass is 10.2. The van der Waals surface area contributed by atoms with Crippen LogP contribution >= 0.6 is 11.6 Å². The Balaban J connectivity index is 1.53. The number of hydrogen-bond acceptors (Lipinski definition) is 6. The standard InChI is InChI=1S/C21H21ClN8O/c1-30(2)21(31)23-11-13-6-8-15(9-7-13)26-20-17-18(24-12-25-19(17)28-29-20)27-16-5-3-4-14(22)10-16/h3-10,12H,11H2,1-2H3,(H,23,31)(H3,24,25,26,27,28,29). The zero-order valence-electron chi connectivity index (χ0n) is 17.0. The number of fused-ring (bicyclic) bond motifs is 1. The lowest BCUT2D eigenvalue weighted by Gasteiger charge is -2.12. The van der Waals surface area contributed by atoms with E-state index in [1.54, 1.807) is 14.1 Å². The molecule has 0 unspecified atom stereocenters. The summed E-state index contributed by atoms with van der Waals surface area (Å²) in [6.45, 7) is 0.450. The van der Waals surface area contributed by atoms with E-state index in [9.17, 15) is 4.79 Å². The number of aromatic nitrogens is 4. The Morgan fingerprint density at radius 2 is 1.87 bits per heavy atom. The van der Waals surface area contributed by atoms with Crippen LogP contribution in [-0.2, 0) is 6.54 Å². The van der Waals surface area contributed by atoms with Gasteiger partial charge in [0, 0.05) is 37.0 Å². The van der Waals surface area contributed by atoms with Crippen molar-refractivity contribution in [2.45, 2.75) is 6.54 Å². The highest BCUT2D eigenvalue weighted by Crippen LogP contribution is 2.30. The van der Waals surface area contributed by atoms with Gasteiger partial charge >= 0.3 is 6.03 Å². The number of nitrogens with one attached hydrogen (secondary N) is 4. The molecule has 2 heterocycles. The number of carbonyl (C=O) groups is 1. The van der Waals surface area contributed by atoms with Crippen LogP contribution in [0.3, 0.4) is 0 Å². The van der Waals surface area contributed by atoms with Gasteiger partial charge in [0.15, 0.2) is 5.65 Å². The van der Waals surface area contributed by atoms with Crippen molar-refractivity contribution >= 4 is 51.7 Å². The van der Waals surface area contributed by atoms with E-state index in [-0.39, 0.29) is 6.03 Å². The molecule has 0 fully saturated rings. The third-order valence-corrected chi connectivity index (χ3v) is 4.75. The topological polar surface area (TPSA) is 111 Å². The van der Waals surface area contributed by atoms with Crippen molar-refractivity contribution in [2.75, 3.05) is 24.7 Å². The number of halogens is 1. The molecule has 0 aliphatic heterocycles.